The zero-order valence-corrected chi connectivity index (χ0v) is 6.35. The summed E-state index contributed by atoms with van der Waals surface area (Å²) in [6.07, 6.45) is 0.783. The second-order valence-corrected chi connectivity index (χ2v) is 2.53. The highest BCUT2D eigenvalue weighted by atomic mass is 35.5. The second kappa shape index (κ2) is 2.84. The maximum Gasteiger partial charge on any atom is 0.150 e. The van der Waals surface area contributed by atoms with Crippen molar-refractivity contribution in [3.63, 3.8) is 0 Å². The van der Waals surface area contributed by atoms with Crippen LogP contribution in [0.25, 0.3) is 0 Å². The Morgan fingerprint density at radius 1 is 1.50 bits per heavy atom. The van der Waals surface area contributed by atoms with Crippen molar-refractivity contribution >= 4 is 17.9 Å². The van der Waals surface area contributed by atoms with Crippen LogP contribution in [0.2, 0.25) is 5.02 Å². The molecule has 0 aliphatic rings. The van der Waals surface area contributed by atoms with Gasteiger partial charge in [-0.05, 0) is 18.6 Å². The van der Waals surface area contributed by atoms with Gasteiger partial charge in [0.2, 0.25) is 0 Å². The van der Waals surface area contributed by atoms with E-state index >= 15 is 0 Å². The second-order valence-electron chi connectivity index (χ2n) is 2.13. The molecule has 52 valence electrons. The van der Waals surface area contributed by atoms with E-state index < -0.39 is 0 Å². The van der Waals surface area contributed by atoms with Gasteiger partial charge in [-0.2, -0.15) is 0 Å². The van der Waals surface area contributed by atoms with E-state index in [-0.39, 0.29) is 0 Å². The van der Waals surface area contributed by atoms with Crippen LogP contribution in [0.4, 0.5) is 0 Å². The van der Waals surface area contributed by atoms with Crippen LogP contribution in [0, 0.1) is 6.92 Å². The van der Waals surface area contributed by atoms with Crippen molar-refractivity contribution in [2.75, 3.05) is 0 Å². The Morgan fingerprint density at radius 3 is 2.70 bits per heavy atom. The van der Waals surface area contributed by atoms with Gasteiger partial charge in [0.25, 0.3) is 0 Å². The van der Waals surface area contributed by atoms with Crippen molar-refractivity contribution in [2.45, 2.75) is 6.92 Å². The van der Waals surface area contributed by atoms with Crippen LogP contribution in [0.15, 0.2) is 18.2 Å². The number of hydrogen-bond acceptors (Lipinski definition) is 1. The van der Waals surface area contributed by atoms with Crippen LogP contribution in [0.5, 0.6) is 0 Å². The predicted molar refractivity (Wildman–Crippen MR) is 41.6 cm³/mol. The maximum absolute atomic E-state index is 10.2. The summed E-state index contributed by atoms with van der Waals surface area (Å²) in [6, 6.07) is 5.23. The molecule has 0 radical (unpaired) electrons. The van der Waals surface area contributed by atoms with E-state index in [0.29, 0.717) is 10.6 Å². The van der Waals surface area contributed by atoms with E-state index in [0.717, 1.165) is 11.8 Å². The molecule has 1 rings (SSSR count). The first kappa shape index (κ1) is 7.29. The molecule has 0 bridgehead atoms. The summed E-state index contributed by atoms with van der Waals surface area (Å²) in [6.45, 7) is 1.90. The molecular weight excluding hydrogens is 148 g/mol. The SMILES string of the molecule is Cc1ccc(C=O)cc1Cl. The van der Waals surface area contributed by atoms with E-state index in [2.05, 4.69) is 0 Å². The van der Waals surface area contributed by atoms with E-state index in [9.17, 15) is 4.79 Å². The fourth-order valence-electron chi connectivity index (χ4n) is 0.682. The van der Waals surface area contributed by atoms with Crippen molar-refractivity contribution < 1.29 is 4.79 Å². The van der Waals surface area contributed by atoms with E-state index in [1.807, 2.05) is 13.0 Å². The first-order chi connectivity index (χ1) is 4.74. The molecule has 2 heteroatoms. The normalized spacial score (nSPS) is 9.40. The van der Waals surface area contributed by atoms with Gasteiger partial charge in [-0.1, -0.05) is 23.7 Å². The molecule has 0 aliphatic heterocycles. The minimum absolute atomic E-state index is 0.621. The van der Waals surface area contributed by atoms with Crippen molar-refractivity contribution in [2.24, 2.45) is 0 Å². The minimum atomic E-state index is 0.621. The van der Waals surface area contributed by atoms with Crippen molar-refractivity contribution in [3.8, 4) is 0 Å². The number of carbonyl (C=O) groups is 1. The Morgan fingerprint density at radius 2 is 2.20 bits per heavy atom. The molecule has 0 aliphatic carbocycles. The molecule has 1 aromatic rings. The molecule has 0 atom stereocenters. The van der Waals surface area contributed by atoms with Gasteiger partial charge in [0.05, 0.1) is 0 Å². The lowest BCUT2D eigenvalue weighted by Crippen LogP contribution is -1.80. The van der Waals surface area contributed by atoms with E-state index in [1.165, 1.54) is 0 Å². The Balaban J connectivity index is 3.16. The number of aldehydes is 1. The third-order valence-electron chi connectivity index (χ3n) is 1.33. The Hall–Kier alpha value is -0.820. The fourth-order valence-corrected chi connectivity index (χ4v) is 0.871. The third-order valence-corrected chi connectivity index (χ3v) is 1.74. The number of aryl methyl sites for hydroxylation is 1. The Bertz CT molecular complexity index is 255. The van der Waals surface area contributed by atoms with Gasteiger partial charge in [0.15, 0.2) is 0 Å². The van der Waals surface area contributed by atoms with Gasteiger partial charge < -0.3 is 0 Å². The molecule has 0 fully saturated rings. The monoisotopic (exact) mass is 154 g/mol. The lowest BCUT2D eigenvalue weighted by atomic mass is 10.2. The Kier molecular flexibility index (Phi) is 2.07. The highest BCUT2D eigenvalue weighted by molar-refractivity contribution is 6.31. The summed E-state index contributed by atoms with van der Waals surface area (Å²) < 4.78 is 0. The van der Waals surface area contributed by atoms with Crippen molar-refractivity contribution in [1.82, 2.24) is 0 Å². The highest BCUT2D eigenvalue weighted by Gasteiger charge is 1.94. The molecule has 0 N–H and O–H groups in total. The smallest absolute Gasteiger partial charge is 0.150 e. The summed E-state index contributed by atoms with van der Waals surface area (Å²) in [5, 5.41) is 0.643. The minimum Gasteiger partial charge on any atom is -0.298 e. The molecule has 0 heterocycles. The third kappa shape index (κ3) is 1.36. The molecule has 0 amide bonds. The van der Waals surface area contributed by atoms with E-state index in [1.54, 1.807) is 12.1 Å². The van der Waals surface area contributed by atoms with Gasteiger partial charge in [-0.15, -0.1) is 0 Å². The maximum atomic E-state index is 10.2. The van der Waals surface area contributed by atoms with Crippen LogP contribution in [0.3, 0.4) is 0 Å². The fraction of sp³-hybridized carbons (Fsp3) is 0.125. The summed E-state index contributed by atoms with van der Waals surface area (Å²) in [5.74, 6) is 0. The molecule has 0 aromatic heterocycles. The molecule has 10 heavy (non-hydrogen) atoms. The molecule has 0 spiro atoms. The van der Waals surface area contributed by atoms with E-state index in [4.69, 9.17) is 11.6 Å². The number of rotatable bonds is 1. The first-order valence-corrected chi connectivity index (χ1v) is 3.33. The number of benzene rings is 1. The average molecular weight is 155 g/mol. The number of hydrogen-bond donors (Lipinski definition) is 0. The number of carbonyl (C=O) groups excluding carboxylic acids is 1. The summed E-state index contributed by atoms with van der Waals surface area (Å²) in [7, 11) is 0. The molecule has 0 saturated heterocycles. The molecular formula is C8H7ClO. The van der Waals surface area contributed by atoms with Gasteiger partial charge in [-0.3, -0.25) is 4.79 Å². The quantitative estimate of drug-likeness (QED) is 0.568. The van der Waals surface area contributed by atoms with Crippen LogP contribution in [-0.2, 0) is 0 Å². The molecule has 0 saturated carbocycles. The highest BCUT2D eigenvalue weighted by Crippen LogP contribution is 2.15. The van der Waals surface area contributed by atoms with Crippen molar-refractivity contribution in [3.05, 3.63) is 34.3 Å². The summed E-state index contributed by atoms with van der Waals surface area (Å²) in [4.78, 5) is 10.2. The van der Waals surface area contributed by atoms with Crippen LogP contribution in [-0.4, -0.2) is 6.29 Å². The summed E-state index contributed by atoms with van der Waals surface area (Å²) in [5.41, 5.74) is 1.61. The van der Waals surface area contributed by atoms with Crippen LogP contribution < -0.4 is 0 Å². The number of halogens is 1. The summed E-state index contributed by atoms with van der Waals surface area (Å²) >= 11 is 5.73. The molecule has 1 aromatic carbocycles. The first-order valence-electron chi connectivity index (χ1n) is 2.95. The van der Waals surface area contributed by atoms with Gasteiger partial charge in [0.1, 0.15) is 6.29 Å². The zero-order chi connectivity index (χ0) is 7.56. The topological polar surface area (TPSA) is 17.1 Å². The lowest BCUT2D eigenvalue weighted by molar-refractivity contribution is 0.112. The standard InChI is InChI=1S/C8H7ClO/c1-6-2-3-7(5-10)4-8(6)9/h2-5H,1H3. The average Bonchev–Trinajstić information content (AvgIpc) is 1.95. The van der Waals surface area contributed by atoms with Gasteiger partial charge in [0, 0.05) is 10.6 Å². The molecule has 1 nitrogen and oxygen atoms in total. The zero-order valence-electron chi connectivity index (χ0n) is 5.60. The molecule has 0 unspecified atom stereocenters. The predicted octanol–water partition coefficient (Wildman–Crippen LogP) is 2.46. The van der Waals surface area contributed by atoms with Crippen LogP contribution in [0.1, 0.15) is 15.9 Å². The van der Waals surface area contributed by atoms with Gasteiger partial charge >= 0.3 is 0 Å². The largest absolute Gasteiger partial charge is 0.298 e. The van der Waals surface area contributed by atoms with Gasteiger partial charge in [-0.25, -0.2) is 0 Å². The van der Waals surface area contributed by atoms with Crippen molar-refractivity contribution in [1.29, 1.82) is 0 Å². The van der Waals surface area contributed by atoms with Crippen LogP contribution >= 0.6 is 11.6 Å². The lowest BCUT2D eigenvalue weighted by Gasteiger charge is -1.95. The Labute approximate surface area is 64.6 Å².